The third-order valence-electron chi connectivity index (χ3n) is 5.60. The van der Waals surface area contributed by atoms with Crippen LogP contribution >= 0.6 is 0 Å². The van der Waals surface area contributed by atoms with Gasteiger partial charge in [0.2, 0.25) is 5.92 Å². The summed E-state index contributed by atoms with van der Waals surface area (Å²) in [5.41, 5.74) is 8.62. The van der Waals surface area contributed by atoms with Gasteiger partial charge in [-0.25, -0.2) is 17.6 Å². The molecule has 158 valence electrons. The third kappa shape index (κ3) is 4.85. The van der Waals surface area contributed by atoms with Crippen molar-refractivity contribution in [2.24, 2.45) is 5.92 Å². The molecule has 0 aromatic heterocycles. The molecule has 1 saturated carbocycles. The lowest BCUT2D eigenvalue weighted by Gasteiger charge is -2.40. The number of nitrogens with zero attached hydrogens (tertiary/aromatic N) is 1. The van der Waals surface area contributed by atoms with E-state index in [1.807, 2.05) is 18.7 Å². The first kappa shape index (κ1) is 21.5. The number of hydrogen-bond acceptors (Lipinski definition) is 2. The van der Waals surface area contributed by atoms with Crippen molar-refractivity contribution in [3.05, 3.63) is 47.5 Å². The predicted molar refractivity (Wildman–Crippen MR) is 110 cm³/mol. The van der Waals surface area contributed by atoms with E-state index in [4.69, 9.17) is 5.73 Å². The zero-order chi connectivity index (χ0) is 21.3. The Morgan fingerprint density at radius 3 is 2.34 bits per heavy atom. The number of aryl methyl sites for hydroxylation is 1. The fourth-order valence-corrected chi connectivity index (χ4v) is 4.09. The highest BCUT2D eigenvalue weighted by molar-refractivity contribution is 5.78. The minimum atomic E-state index is -2.63. The molecular weight excluding hydrogens is 380 g/mol. The Hall–Kier alpha value is -2.24. The van der Waals surface area contributed by atoms with Gasteiger partial charge in [0.1, 0.15) is 11.6 Å². The lowest BCUT2D eigenvalue weighted by molar-refractivity contribution is -0.0382. The number of hydrogen-bond donors (Lipinski definition) is 1. The maximum Gasteiger partial charge on any atom is 0.248 e. The minimum absolute atomic E-state index is 0.111. The molecule has 29 heavy (non-hydrogen) atoms. The molecule has 6 heteroatoms. The van der Waals surface area contributed by atoms with Crippen molar-refractivity contribution in [2.45, 2.75) is 58.4 Å². The van der Waals surface area contributed by atoms with Crippen LogP contribution < -0.4 is 10.6 Å². The van der Waals surface area contributed by atoms with Gasteiger partial charge in [-0.1, -0.05) is 19.9 Å². The van der Waals surface area contributed by atoms with Gasteiger partial charge in [-0.2, -0.15) is 0 Å². The average Bonchev–Trinajstić information content (AvgIpc) is 2.64. The summed E-state index contributed by atoms with van der Waals surface area (Å²) in [5, 5.41) is 0. The number of alkyl halides is 2. The Labute approximate surface area is 169 Å². The van der Waals surface area contributed by atoms with Crippen molar-refractivity contribution >= 4 is 11.4 Å². The summed E-state index contributed by atoms with van der Waals surface area (Å²) in [6.07, 6.45) is 0.335. The molecule has 1 aliphatic carbocycles. The van der Waals surface area contributed by atoms with E-state index >= 15 is 4.39 Å². The molecule has 0 atom stereocenters. The van der Waals surface area contributed by atoms with E-state index in [0.29, 0.717) is 36.3 Å². The van der Waals surface area contributed by atoms with Gasteiger partial charge in [-0.15, -0.1) is 0 Å². The summed E-state index contributed by atoms with van der Waals surface area (Å²) in [7, 11) is 0. The van der Waals surface area contributed by atoms with Gasteiger partial charge in [-0.05, 0) is 61.1 Å². The van der Waals surface area contributed by atoms with Crippen LogP contribution in [-0.2, 0) is 0 Å². The summed E-state index contributed by atoms with van der Waals surface area (Å²) < 4.78 is 56.0. The molecule has 0 radical (unpaired) electrons. The van der Waals surface area contributed by atoms with Crippen molar-refractivity contribution in [3.8, 4) is 11.1 Å². The highest BCUT2D eigenvalue weighted by Gasteiger charge is 2.37. The Morgan fingerprint density at radius 1 is 1.07 bits per heavy atom. The molecule has 0 aliphatic heterocycles. The summed E-state index contributed by atoms with van der Waals surface area (Å²) in [5.74, 6) is -3.32. The van der Waals surface area contributed by atoms with E-state index in [1.165, 1.54) is 24.3 Å². The zero-order valence-electron chi connectivity index (χ0n) is 17.1. The van der Waals surface area contributed by atoms with Crippen molar-refractivity contribution in [1.29, 1.82) is 0 Å². The van der Waals surface area contributed by atoms with E-state index in [-0.39, 0.29) is 30.4 Å². The summed E-state index contributed by atoms with van der Waals surface area (Å²) in [6.45, 7) is 6.44. The molecule has 0 bridgehead atoms. The molecule has 3 rings (SSSR count). The average molecular weight is 408 g/mol. The van der Waals surface area contributed by atoms with Gasteiger partial charge in [0.05, 0.1) is 11.4 Å². The molecule has 2 aromatic rings. The van der Waals surface area contributed by atoms with Gasteiger partial charge < -0.3 is 10.6 Å². The summed E-state index contributed by atoms with van der Waals surface area (Å²) >= 11 is 0. The van der Waals surface area contributed by atoms with Crippen molar-refractivity contribution in [2.75, 3.05) is 17.2 Å². The normalized spacial score (nSPS) is 17.0. The van der Waals surface area contributed by atoms with Crippen molar-refractivity contribution < 1.29 is 17.6 Å². The molecule has 0 unspecified atom stereocenters. The van der Waals surface area contributed by atoms with Crippen LogP contribution in [0, 0.1) is 24.5 Å². The van der Waals surface area contributed by atoms with E-state index in [2.05, 4.69) is 0 Å². The quantitative estimate of drug-likeness (QED) is 0.448. The minimum Gasteiger partial charge on any atom is -0.397 e. The second kappa shape index (κ2) is 8.25. The first-order valence-corrected chi connectivity index (χ1v) is 10.1. The molecule has 2 aromatic carbocycles. The second-order valence-corrected chi connectivity index (χ2v) is 8.48. The molecule has 2 N–H and O–H groups in total. The van der Waals surface area contributed by atoms with Crippen LogP contribution in [-0.4, -0.2) is 18.5 Å². The zero-order valence-corrected chi connectivity index (χ0v) is 17.1. The monoisotopic (exact) mass is 408 g/mol. The van der Waals surface area contributed by atoms with Crippen molar-refractivity contribution in [3.63, 3.8) is 0 Å². The van der Waals surface area contributed by atoms with Crippen molar-refractivity contribution in [1.82, 2.24) is 0 Å². The Bertz CT molecular complexity index is 869. The van der Waals surface area contributed by atoms with Gasteiger partial charge in [-0.3, -0.25) is 0 Å². The number of rotatable bonds is 5. The van der Waals surface area contributed by atoms with Crippen LogP contribution in [0.4, 0.5) is 28.9 Å². The first-order chi connectivity index (χ1) is 13.6. The second-order valence-electron chi connectivity index (χ2n) is 8.48. The van der Waals surface area contributed by atoms with Gasteiger partial charge >= 0.3 is 0 Å². The molecule has 2 nitrogen and oxygen atoms in total. The lowest BCUT2D eigenvalue weighted by Crippen LogP contribution is -2.43. The summed E-state index contributed by atoms with van der Waals surface area (Å²) in [4.78, 5) is 1.97. The molecule has 0 saturated heterocycles. The fourth-order valence-electron chi connectivity index (χ4n) is 4.09. The van der Waals surface area contributed by atoms with Crippen LogP contribution in [0.15, 0.2) is 30.3 Å². The smallest absolute Gasteiger partial charge is 0.248 e. The maximum absolute atomic E-state index is 15.1. The molecular formula is C23H28F4N2. The van der Waals surface area contributed by atoms with Crippen LogP contribution in [0.25, 0.3) is 11.1 Å². The molecule has 1 aliphatic rings. The van der Waals surface area contributed by atoms with E-state index in [1.54, 1.807) is 13.0 Å². The number of nitrogens with two attached hydrogens (primary N) is 1. The van der Waals surface area contributed by atoms with E-state index < -0.39 is 17.6 Å². The van der Waals surface area contributed by atoms with Gasteiger partial charge in [0, 0.05) is 31.0 Å². The van der Waals surface area contributed by atoms with Crippen LogP contribution in [0.1, 0.15) is 45.1 Å². The molecule has 0 spiro atoms. The lowest BCUT2D eigenvalue weighted by atomic mass is 9.90. The largest absolute Gasteiger partial charge is 0.397 e. The third-order valence-corrected chi connectivity index (χ3v) is 5.60. The molecule has 0 amide bonds. The summed E-state index contributed by atoms with van der Waals surface area (Å²) in [6, 6.07) is 7.00. The number of anilines is 2. The van der Waals surface area contributed by atoms with Crippen LogP contribution in [0.5, 0.6) is 0 Å². The Morgan fingerprint density at radius 2 is 1.72 bits per heavy atom. The topological polar surface area (TPSA) is 29.3 Å². The Kier molecular flexibility index (Phi) is 6.11. The number of halogens is 4. The van der Waals surface area contributed by atoms with Crippen LogP contribution in [0.3, 0.4) is 0 Å². The SMILES string of the molecule is Cc1ccc(F)cc1-c1cc(N)c(N(CC(C)C)C2CCC(F)(F)CC2)cc1F. The maximum atomic E-state index is 15.1. The highest BCUT2D eigenvalue weighted by atomic mass is 19.3. The van der Waals surface area contributed by atoms with Gasteiger partial charge in [0.15, 0.2) is 0 Å². The predicted octanol–water partition coefficient (Wildman–Crippen LogP) is 6.56. The van der Waals surface area contributed by atoms with Crippen LogP contribution in [0.2, 0.25) is 0 Å². The first-order valence-electron chi connectivity index (χ1n) is 10.1. The van der Waals surface area contributed by atoms with E-state index in [9.17, 15) is 13.2 Å². The number of nitrogen functional groups attached to an aromatic ring is 1. The molecule has 1 fully saturated rings. The number of benzene rings is 2. The Balaban J connectivity index is 1.99. The molecule has 0 heterocycles. The fraction of sp³-hybridized carbons (Fsp3) is 0.478. The standard InChI is InChI=1S/C23H28F4N2/c1-14(2)13-29(17-6-8-23(26,27)9-7-17)22-12-20(25)19(11-21(22)28)18-10-16(24)5-4-15(18)3/h4-5,10-12,14,17H,6-9,13,28H2,1-3H3. The van der Waals surface area contributed by atoms with Gasteiger partial charge in [0.25, 0.3) is 0 Å². The van der Waals surface area contributed by atoms with E-state index in [0.717, 1.165) is 5.56 Å². The highest BCUT2D eigenvalue weighted by Crippen LogP contribution is 2.40.